The summed E-state index contributed by atoms with van der Waals surface area (Å²) in [6.45, 7) is -0.253. The Balaban J connectivity index is 1.73. The molecule has 0 aliphatic heterocycles. The Morgan fingerprint density at radius 1 is 0.969 bits per heavy atom. The highest BCUT2D eigenvalue weighted by Gasteiger charge is 2.49. The van der Waals surface area contributed by atoms with Crippen LogP contribution in [-0.4, -0.2) is 47.1 Å². The number of halogens is 3. The molecule has 7 nitrogen and oxygen atoms in total. The van der Waals surface area contributed by atoms with Gasteiger partial charge in [-0.2, -0.15) is 13.2 Å². The Kier molecular flexibility index (Phi) is 6.71. The molecule has 0 fully saturated rings. The molecule has 0 aromatic heterocycles. The normalized spacial score (nSPS) is 14.7. The minimum Gasteiger partial charge on any atom is -0.481 e. The van der Waals surface area contributed by atoms with E-state index in [0.29, 0.717) is 0 Å². The Morgan fingerprint density at radius 3 is 1.97 bits per heavy atom. The van der Waals surface area contributed by atoms with Crippen LogP contribution in [0.3, 0.4) is 0 Å². The first kappa shape index (κ1) is 23.1. The number of carbonyl (C=O) groups is 3. The van der Waals surface area contributed by atoms with Crippen LogP contribution in [0.4, 0.5) is 18.0 Å². The molecule has 0 heterocycles. The number of alkyl carbamates (subject to hydrolysis) is 1. The lowest BCUT2D eigenvalue weighted by Crippen LogP contribution is -2.52. The van der Waals surface area contributed by atoms with Crippen molar-refractivity contribution in [3.8, 4) is 11.1 Å². The molecular weight excluding hydrogens is 431 g/mol. The second kappa shape index (κ2) is 9.29. The van der Waals surface area contributed by atoms with E-state index in [1.54, 1.807) is 17.4 Å². The molecule has 0 spiro atoms. The van der Waals surface area contributed by atoms with E-state index in [2.05, 4.69) is 0 Å². The maximum atomic E-state index is 13.5. The number of ether oxygens (including phenoxy) is 1. The van der Waals surface area contributed by atoms with Crippen molar-refractivity contribution in [1.29, 1.82) is 0 Å². The summed E-state index contributed by atoms with van der Waals surface area (Å²) in [4.78, 5) is 34.2. The molecule has 2 atom stereocenters. The van der Waals surface area contributed by atoms with E-state index >= 15 is 0 Å². The van der Waals surface area contributed by atoms with E-state index in [1.165, 1.54) is 0 Å². The molecule has 0 radical (unpaired) electrons. The molecule has 2 aromatic rings. The van der Waals surface area contributed by atoms with Gasteiger partial charge in [-0.25, -0.2) is 4.79 Å². The number of carboxylic acid groups (broad SMARTS) is 2. The number of benzene rings is 2. The summed E-state index contributed by atoms with van der Waals surface area (Å²) in [7, 11) is 0. The van der Waals surface area contributed by atoms with Crippen molar-refractivity contribution in [3.63, 3.8) is 0 Å². The molecule has 0 bridgehead atoms. The van der Waals surface area contributed by atoms with E-state index in [9.17, 15) is 27.6 Å². The van der Waals surface area contributed by atoms with Crippen molar-refractivity contribution < 1.29 is 42.5 Å². The van der Waals surface area contributed by atoms with Crippen LogP contribution in [0.15, 0.2) is 48.5 Å². The number of amides is 1. The average molecular weight is 451 g/mol. The molecule has 170 valence electrons. The first-order chi connectivity index (χ1) is 15.1. The maximum absolute atomic E-state index is 13.5. The standard InChI is InChI=1S/C22H20F3NO6/c23-22(24,25)19(16(20(29)30)9-10-18(27)28)26-21(31)32-11-17-14-7-3-1-5-12(14)13-6-2-4-8-15(13)17/h1-8,16-17,19H,9-11H2,(H,26,31)(H,27,28)(H,29,30). The first-order valence-corrected chi connectivity index (χ1v) is 9.72. The SMILES string of the molecule is O=C(O)CCC(C(=O)O)C(NC(=O)OCC1c2ccccc2-c2ccccc21)C(F)(F)F. The molecule has 0 saturated heterocycles. The second-order valence-electron chi connectivity index (χ2n) is 7.37. The molecule has 10 heteroatoms. The molecule has 2 aromatic carbocycles. The van der Waals surface area contributed by atoms with Gasteiger partial charge in [0, 0.05) is 12.3 Å². The number of hydrogen-bond acceptors (Lipinski definition) is 4. The molecule has 0 saturated carbocycles. The zero-order valence-corrected chi connectivity index (χ0v) is 16.6. The lowest BCUT2D eigenvalue weighted by molar-refractivity contribution is -0.179. The van der Waals surface area contributed by atoms with Crippen molar-refractivity contribution in [3.05, 3.63) is 59.7 Å². The number of fused-ring (bicyclic) bond motifs is 3. The van der Waals surface area contributed by atoms with Crippen molar-refractivity contribution in [1.82, 2.24) is 5.32 Å². The number of aliphatic carboxylic acids is 2. The molecular formula is C22H20F3NO6. The predicted octanol–water partition coefficient (Wildman–Crippen LogP) is 4.02. The Bertz CT molecular complexity index is 977. The van der Waals surface area contributed by atoms with Gasteiger partial charge in [0.1, 0.15) is 12.6 Å². The van der Waals surface area contributed by atoms with E-state index in [0.717, 1.165) is 22.3 Å². The van der Waals surface area contributed by atoms with Gasteiger partial charge in [-0.3, -0.25) is 9.59 Å². The number of alkyl halides is 3. The van der Waals surface area contributed by atoms with Crippen LogP contribution < -0.4 is 5.32 Å². The van der Waals surface area contributed by atoms with E-state index in [-0.39, 0.29) is 12.5 Å². The molecule has 1 aliphatic rings. The third kappa shape index (κ3) is 5.01. The molecule has 3 N–H and O–H groups in total. The zero-order chi connectivity index (χ0) is 23.5. The highest BCUT2D eigenvalue weighted by atomic mass is 19.4. The van der Waals surface area contributed by atoms with Gasteiger partial charge in [0.25, 0.3) is 0 Å². The van der Waals surface area contributed by atoms with Crippen molar-refractivity contribution >= 4 is 18.0 Å². The molecule has 1 amide bonds. The Labute approximate surface area is 180 Å². The number of hydrogen-bond donors (Lipinski definition) is 3. The first-order valence-electron chi connectivity index (χ1n) is 9.72. The van der Waals surface area contributed by atoms with E-state index < -0.39 is 49.0 Å². The summed E-state index contributed by atoms with van der Waals surface area (Å²) >= 11 is 0. The van der Waals surface area contributed by atoms with Gasteiger partial charge >= 0.3 is 24.2 Å². The van der Waals surface area contributed by atoms with Crippen LogP contribution in [0.5, 0.6) is 0 Å². The van der Waals surface area contributed by atoms with Gasteiger partial charge < -0.3 is 20.3 Å². The Hall–Kier alpha value is -3.56. The lowest BCUT2D eigenvalue weighted by atomic mass is 9.94. The number of carbonyl (C=O) groups excluding carboxylic acids is 1. The Morgan fingerprint density at radius 2 is 1.50 bits per heavy atom. The van der Waals surface area contributed by atoms with Crippen molar-refractivity contribution in [2.75, 3.05) is 6.61 Å². The van der Waals surface area contributed by atoms with Crippen LogP contribution in [0.1, 0.15) is 29.9 Å². The fraction of sp³-hybridized carbons (Fsp3) is 0.318. The highest BCUT2D eigenvalue weighted by Crippen LogP contribution is 2.44. The van der Waals surface area contributed by atoms with Gasteiger partial charge in [-0.05, 0) is 28.7 Å². The van der Waals surface area contributed by atoms with Crippen LogP contribution >= 0.6 is 0 Å². The summed E-state index contributed by atoms with van der Waals surface area (Å²) in [5, 5.41) is 19.4. The average Bonchev–Trinajstić information content (AvgIpc) is 3.04. The quantitative estimate of drug-likeness (QED) is 0.559. The number of carboxylic acids is 2. The summed E-state index contributed by atoms with van der Waals surface area (Å²) in [6.07, 6.45) is -8.16. The van der Waals surface area contributed by atoms with Crippen LogP contribution in [-0.2, 0) is 14.3 Å². The number of nitrogens with one attached hydrogen (secondary N) is 1. The summed E-state index contributed by atoms with van der Waals surface area (Å²) < 4.78 is 45.5. The van der Waals surface area contributed by atoms with Gasteiger partial charge in [0.15, 0.2) is 0 Å². The van der Waals surface area contributed by atoms with Crippen LogP contribution in [0.25, 0.3) is 11.1 Å². The fourth-order valence-electron chi connectivity index (χ4n) is 3.89. The van der Waals surface area contributed by atoms with Crippen LogP contribution in [0, 0.1) is 5.92 Å². The second-order valence-corrected chi connectivity index (χ2v) is 7.37. The third-order valence-electron chi connectivity index (χ3n) is 5.36. The smallest absolute Gasteiger partial charge is 0.409 e. The summed E-state index contributed by atoms with van der Waals surface area (Å²) in [6, 6.07) is 12.0. The summed E-state index contributed by atoms with van der Waals surface area (Å²) in [5.74, 6) is -5.88. The monoisotopic (exact) mass is 451 g/mol. The molecule has 32 heavy (non-hydrogen) atoms. The fourth-order valence-corrected chi connectivity index (χ4v) is 3.89. The van der Waals surface area contributed by atoms with Gasteiger partial charge in [0.2, 0.25) is 0 Å². The highest BCUT2D eigenvalue weighted by molar-refractivity contribution is 5.79. The largest absolute Gasteiger partial charge is 0.481 e. The lowest BCUT2D eigenvalue weighted by Gasteiger charge is -2.27. The van der Waals surface area contributed by atoms with Gasteiger partial charge in [-0.1, -0.05) is 48.5 Å². The van der Waals surface area contributed by atoms with Gasteiger partial charge in [0.05, 0.1) is 5.92 Å². The zero-order valence-electron chi connectivity index (χ0n) is 16.6. The van der Waals surface area contributed by atoms with E-state index in [1.807, 2.05) is 36.4 Å². The van der Waals surface area contributed by atoms with Gasteiger partial charge in [-0.15, -0.1) is 0 Å². The maximum Gasteiger partial charge on any atom is 0.409 e. The predicted molar refractivity (Wildman–Crippen MR) is 106 cm³/mol. The van der Waals surface area contributed by atoms with Crippen LogP contribution in [0.2, 0.25) is 0 Å². The van der Waals surface area contributed by atoms with Crippen molar-refractivity contribution in [2.45, 2.75) is 31.0 Å². The minimum absolute atomic E-state index is 0.253. The third-order valence-corrected chi connectivity index (χ3v) is 5.36. The topological polar surface area (TPSA) is 113 Å². The number of rotatable bonds is 8. The summed E-state index contributed by atoms with van der Waals surface area (Å²) in [5.41, 5.74) is 3.59. The molecule has 2 unspecified atom stereocenters. The van der Waals surface area contributed by atoms with Crippen molar-refractivity contribution in [2.24, 2.45) is 5.92 Å². The molecule has 3 rings (SSSR count). The van der Waals surface area contributed by atoms with E-state index in [4.69, 9.17) is 14.9 Å². The molecule has 1 aliphatic carbocycles. The minimum atomic E-state index is -5.12.